The summed E-state index contributed by atoms with van der Waals surface area (Å²) in [7, 11) is 2.99. The quantitative estimate of drug-likeness (QED) is 0.784. The highest BCUT2D eigenvalue weighted by atomic mass is 16.2. The lowest BCUT2D eigenvalue weighted by atomic mass is 10.2. The predicted molar refractivity (Wildman–Crippen MR) is 84.2 cm³/mol. The van der Waals surface area contributed by atoms with Gasteiger partial charge in [0.15, 0.2) is 5.56 Å². The van der Waals surface area contributed by atoms with E-state index in [1.54, 1.807) is 13.2 Å². The van der Waals surface area contributed by atoms with E-state index < -0.39 is 11.2 Å². The molecule has 0 N–H and O–H groups in total. The molecule has 1 saturated heterocycles. The second-order valence-corrected chi connectivity index (χ2v) is 5.73. The average molecular weight is 314 g/mol. The molecule has 1 atom stereocenters. The van der Waals surface area contributed by atoms with Crippen molar-refractivity contribution in [3.8, 4) is 6.07 Å². The van der Waals surface area contributed by atoms with Crippen LogP contribution in [-0.2, 0) is 20.6 Å². The number of nitrogens with zero attached hydrogens (tertiary/aromatic N) is 6. The molecule has 1 aliphatic heterocycles. The van der Waals surface area contributed by atoms with E-state index in [0.717, 1.165) is 17.4 Å². The van der Waals surface area contributed by atoms with Crippen molar-refractivity contribution in [2.24, 2.45) is 14.1 Å². The molecule has 1 aliphatic rings. The fourth-order valence-corrected chi connectivity index (χ4v) is 3.20. The van der Waals surface area contributed by atoms with Crippen LogP contribution in [0.15, 0.2) is 28.0 Å². The van der Waals surface area contributed by atoms with Gasteiger partial charge in [-0.25, -0.2) is 4.79 Å². The summed E-state index contributed by atoms with van der Waals surface area (Å²) in [6.07, 6.45) is 5.47. The Bertz CT molecular complexity index is 871. The van der Waals surface area contributed by atoms with E-state index in [4.69, 9.17) is 0 Å². The van der Waals surface area contributed by atoms with Crippen molar-refractivity contribution in [3.63, 3.8) is 0 Å². The largest absolute Gasteiger partial charge is 0.352 e. The maximum atomic E-state index is 12.3. The molecule has 2 aromatic rings. The van der Waals surface area contributed by atoms with Crippen LogP contribution in [0.25, 0.3) is 0 Å². The summed E-state index contributed by atoms with van der Waals surface area (Å²) in [5, 5.41) is 13.6. The number of hydrogen-bond donors (Lipinski definition) is 0. The third-order valence-corrected chi connectivity index (χ3v) is 4.35. The highest BCUT2D eigenvalue weighted by molar-refractivity contribution is 5.54. The zero-order valence-corrected chi connectivity index (χ0v) is 13.1. The van der Waals surface area contributed by atoms with Gasteiger partial charge in [-0.15, -0.1) is 0 Å². The number of rotatable bonds is 3. The van der Waals surface area contributed by atoms with Crippen LogP contribution in [0.1, 0.15) is 18.4 Å². The molecule has 0 unspecified atom stereocenters. The predicted octanol–water partition coefficient (Wildman–Crippen LogP) is -0.179. The Morgan fingerprint density at radius 2 is 2.13 bits per heavy atom. The summed E-state index contributed by atoms with van der Waals surface area (Å²) >= 11 is 0. The summed E-state index contributed by atoms with van der Waals surface area (Å²) in [6.45, 7) is 1.36. The minimum Gasteiger partial charge on any atom is -0.352 e. The van der Waals surface area contributed by atoms with Gasteiger partial charge < -0.3 is 4.90 Å². The van der Waals surface area contributed by atoms with Crippen LogP contribution in [0.3, 0.4) is 0 Å². The number of anilines is 1. The van der Waals surface area contributed by atoms with Gasteiger partial charge in [0.25, 0.3) is 5.56 Å². The first-order chi connectivity index (χ1) is 11.0. The first kappa shape index (κ1) is 15.1. The van der Waals surface area contributed by atoms with Crippen LogP contribution in [-0.4, -0.2) is 31.5 Å². The Balaban J connectivity index is 2.09. The monoisotopic (exact) mass is 314 g/mol. The van der Waals surface area contributed by atoms with Gasteiger partial charge in [-0.3, -0.25) is 18.6 Å². The fraction of sp³-hybridized carbons (Fsp3) is 0.467. The molecule has 3 rings (SSSR count). The Hall–Kier alpha value is -2.82. The molecule has 0 radical (unpaired) electrons. The van der Waals surface area contributed by atoms with E-state index in [2.05, 4.69) is 5.10 Å². The van der Waals surface area contributed by atoms with Crippen molar-refractivity contribution in [1.82, 2.24) is 18.9 Å². The van der Waals surface area contributed by atoms with Crippen LogP contribution in [0, 0.1) is 11.3 Å². The molecule has 0 aliphatic carbocycles. The Kier molecular flexibility index (Phi) is 3.78. The summed E-state index contributed by atoms with van der Waals surface area (Å²) in [5.74, 6) is 0.412. The molecule has 1 fully saturated rings. The highest BCUT2D eigenvalue weighted by Gasteiger charge is 2.30. The van der Waals surface area contributed by atoms with Crippen molar-refractivity contribution in [3.05, 3.63) is 44.9 Å². The van der Waals surface area contributed by atoms with E-state index in [0.29, 0.717) is 18.9 Å². The zero-order valence-electron chi connectivity index (χ0n) is 13.1. The lowest BCUT2D eigenvalue weighted by molar-refractivity contribution is 0.501. The maximum absolute atomic E-state index is 12.3. The first-order valence-corrected chi connectivity index (χ1v) is 7.48. The molecule has 0 spiro atoms. The SMILES string of the molecule is Cn1c(N2CCC[C@H]2Cn2cccn2)c(C#N)c(=O)n(C)c1=O. The normalized spacial score (nSPS) is 17.4. The molecule has 8 heteroatoms. The molecule has 0 amide bonds. The van der Waals surface area contributed by atoms with Crippen molar-refractivity contribution >= 4 is 5.82 Å². The van der Waals surface area contributed by atoms with Crippen LogP contribution in [0.2, 0.25) is 0 Å². The van der Waals surface area contributed by atoms with Crippen LogP contribution in [0.4, 0.5) is 5.82 Å². The smallest absolute Gasteiger partial charge is 0.332 e. The second-order valence-electron chi connectivity index (χ2n) is 5.73. The minimum absolute atomic E-state index is 0.0157. The Morgan fingerprint density at radius 1 is 1.35 bits per heavy atom. The molecular formula is C15H18N6O2. The molecule has 0 bridgehead atoms. The topological polar surface area (TPSA) is 88.8 Å². The molecule has 0 aromatic carbocycles. The molecule has 3 heterocycles. The van der Waals surface area contributed by atoms with E-state index in [-0.39, 0.29) is 11.6 Å². The van der Waals surface area contributed by atoms with Gasteiger partial charge in [-0.05, 0) is 18.9 Å². The molecule has 0 saturated carbocycles. The van der Waals surface area contributed by atoms with Crippen molar-refractivity contribution in [2.75, 3.05) is 11.4 Å². The Labute approximate surface area is 132 Å². The van der Waals surface area contributed by atoms with Gasteiger partial charge in [0, 0.05) is 33.0 Å². The molecule has 23 heavy (non-hydrogen) atoms. The lowest BCUT2D eigenvalue weighted by Gasteiger charge is -2.29. The third kappa shape index (κ3) is 2.44. The maximum Gasteiger partial charge on any atom is 0.332 e. The average Bonchev–Trinajstić information content (AvgIpc) is 3.21. The van der Waals surface area contributed by atoms with E-state index >= 15 is 0 Å². The summed E-state index contributed by atoms with van der Waals surface area (Å²) in [6, 6.07) is 3.92. The van der Waals surface area contributed by atoms with E-state index in [1.807, 2.05) is 27.9 Å². The minimum atomic E-state index is -0.546. The number of hydrogen-bond acceptors (Lipinski definition) is 5. The van der Waals surface area contributed by atoms with Gasteiger partial charge in [0.2, 0.25) is 0 Å². The van der Waals surface area contributed by atoms with Gasteiger partial charge in [0.1, 0.15) is 11.9 Å². The van der Waals surface area contributed by atoms with Crippen molar-refractivity contribution < 1.29 is 0 Å². The molecule has 8 nitrogen and oxygen atoms in total. The zero-order chi connectivity index (χ0) is 16.6. The van der Waals surface area contributed by atoms with Crippen LogP contribution in [0.5, 0.6) is 0 Å². The van der Waals surface area contributed by atoms with Gasteiger partial charge in [-0.2, -0.15) is 10.4 Å². The second kappa shape index (κ2) is 5.76. The fourth-order valence-electron chi connectivity index (χ4n) is 3.20. The Morgan fingerprint density at radius 3 is 2.78 bits per heavy atom. The number of aromatic nitrogens is 4. The summed E-state index contributed by atoms with van der Waals surface area (Å²) in [5.41, 5.74) is -0.953. The van der Waals surface area contributed by atoms with Gasteiger partial charge in [-0.1, -0.05) is 0 Å². The van der Waals surface area contributed by atoms with Crippen LogP contribution < -0.4 is 16.1 Å². The van der Waals surface area contributed by atoms with Gasteiger partial charge >= 0.3 is 5.69 Å². The standard InChI is InChI=1S/C15H18N6O2/c1-18-13(12(9-16)14(22)19(2)15(18)23)21-8-3-5-11(21)10-20-7-4-6-17-20/h4,6-7,11H,3,5,8,10H2,1-2H3/t11-/m0/s1. The van der Waals surface area contributed by atoms with Crippen LogP contribution >= 0.6 is 0 Å². The van der Waals surface area contributed by atoms with Crippen molar-refractivity contribution in [1.29, 1.82) is 5.26 Å². The van der Waals surface area contributed by atoms with Crippen molar-refractivity contribution in [2.45, 2.75) is 25.4 Å². The summed E-state index contributed by atoms with van der Waals surface area (Å²) in [4.78, 5) is 26.5. The van der Waals surface area contributed by atoms with E-state index in [1.165, 1.54) is 11.6 Å². The molecular weight excluding hydrogens is 296 g/mol. The van der Waals surface area contributed by atoms with E-state index in [9.17, 15) is 14.9 Å². The first-order valence-electron chi connectivity index (χ1n) is 7.48. The number of nitriles is 1. The van der Waals surface area contributed by atoms with Gasteiger partial charge in [0.05, 0.1) is 12.6 Å². The molecule has 2 aromatic heterocycles. The third-order valence-electron chi connectivity index (χ3n) is 4.35. The summed E-state index contributed by atoms with van der Waals surface area (Å²) < 4.78 is 4.19. The highest BCUT2D eigenvalue weighted by Crippen LogP contribution is 2.26. The molecule has 120 valence electrons. The lowest BCUT2D eigenvalue weighted by Crippen LogP contribution is -2.44.